The average molecular weight is 1230 g/mol. The summed E-state index contributed by atoms with van der Waals surface area (Å²) in [7, 11) is 0. The molecule has 0 amide bonds. The Morgan fingerprint density at radius 2 is 0.375 bits per heavy atom. The summed E-state index contributed by atoms with van der Waals surface area (Å²) in [6, 6.07) is 0. The molecule has 8 aliphatic carbocycles. The SMILES string of the molecule is CC(C)CC1CC(C)C1.CC(C)CC1CCC(C)C1.CC(C)CC1CCCC(C)C1.CC(C)CC1CCCCC(C)C1.CCC1CC(CC(C)C)C1.CCC1CCC(CC(C)C)C1.CCC1CCCC(CC(C)C)C1.CCC1CCCCC(CC(C)C)C1. The van der Waals surface area contributed by atoms with Crippen molar-refractivity contribution in [1.82, 2.24) is 0 Å². The molecule has 0 heteroatoms. The molecule has 0 radical (unpaired) electrons. The predicted octanol–water partition coefficient (Wildman–Crippen LogP) is 30.9. The van der Waals surface area contributed by atoms with Gasteiger partial charge in [-0.2, -0.15) is 0 Å². The number of hydrogen-bond donors (Lipinski definition) is 0. The van der Waals surface area contributed by atoms with Gasteiger partial charge in [0.1, 0.15) is 0 Å². The molecule has 0 N–H and O–H groups in total. The Balaban J connectivity index is 0.000000504. The zero-order chi connectivity index (χ0) is 66.1. The summed E-state index contributed by atoms with van der Waals surface area (Å²) in [6.45, 7) is 56.5. The van der Waals surface area contributed by atoms with E-state index in [-0.39, 0.29) is 0 Å². The Morgan fingerprint density at radius 1 is 0.182 bits per heavy atom. The smallest absolute Gasteiger partial charge is 0.0407 e. The van der Waals surface area contributed by atoms with Gasteiger partial charge in [-0.15, -0.1) is 0 Å². The van der Waals surface area contributed by atoms with E-state index in [4.69, 9.17) is 0 Å². The maximum absolute atomic E-state index is 2.43. The first-order chi connectivity index (χ1) is 41.6. The molecule has 8 saturated carbocycles. The lowest BCUT2D eigenvalue weighted by Crippen LogP contribution is -2.24. The normalized spacial score (nSPS) is 32.2. The zero-order valence-electron chi connectivity index (χ0n) is 66.1. The standard InChI is InChI=1S/C13H26.2C12H24.2C11H22.2C10H20.C9H18/c1-4-12-7-5-6-8-13(10-12)9-11(2)3;1-10(2)8-12-7-5-4-6-11(3)9-12;1-4-11-6-5-7-12(9-11)8-10(2)3;1-9(2)7-11-6-4-5-10(3)8-11;1-4-10-5-6-11(8-10)7-9(2)3;1-8(2)6-10-5-4-9(3)7-10;1-4-9-6-10(7-9)5-8(2)3;1-7(2)4-9-5-8(3)6-9/h11-13H,4-10H2,1-3H3;2*10-12H,4-9H2,1-3H3;2*9-11H,4-8H2,1-3H3;2*8-10H,4-7H2,1-3H3;7-9H,4-6H2,1-3H3. The van der Waals surface area contributed by atoms with E-state index in [2.05, 4.69) is 166 Å². The van der Waals surface area contributed by atoms with Gasteiger partial charge in [0.2, 0.25) is 0 Å². The largest absolute Gasteiger partial charge is 0.0651 e. The Hall–Kier alpha value is 0. The van der Waals surface area contributed by atoms with Crippen molar-refractivity contribution in [2.75, 3.05) is 0 Å². The van der Waals surface area contributed by atoms with Crippen molar-refractivity contribution < 1.29 is 0 Å². The summed E-state index contributed by atoms with van der Waals surface area (Å²) >= 11 is 0. The second-order valence-electron chi connectivity index (χ2n) is 37.4. The van der Waals surface area contributed by atoms with Crippen LogP contribution in [0.25, 0.3) is 0 Å². The highest BCUT2D eigenvalue weighted by Crippen LogP contribution is 2.42. The maximum atomic E-state index is 2.43. The fraction of sp³-hybridized carbons (Fsp3) is 1.00. The van der Waals surface area contributed by atoms with Gasteiger partial charge in [-0.25, -0.2) is 0 Å². The summed E-state index contributed by atoms with van der Waals surface area (Å²) in [5, 5.41) is 0. The van der Waals surface area contributed by atoms with Crippen LogP contribution in [0.15, 0.2) is 0 Å². The summed E-state index contributed by atoms with van der Waals surface area (Å²) in [5.41, 5.74) is 0. The molecular weight excluding hydrogens is 1060 g/mol. The molecule has 0 spiro atoms. The van der Waals surface area contributed by atoms with Crippen molar-refractivity contribution >= 4 is 0 Å². The van der Waals surface area contributed by atoms with Crippen molar-refractivity contribution in [1.29, 1.82) is 0 Å². The van der Waals surface area contributed by atoms with Crippen LogP contribution >= 0.6 is 0 Å². The van der Waals surface area contributed by atoms with Gasteiger partial charge in [-0.3, -0.25) is 0 Å². The van der Waals surface area contributed by atoms with E-state index in [1.54, 1.807) is 0 Å². The Bertz CT molecular complexity index is 1490. The van der Waals surface area contributed by atoms with Gasteiger partial charge in [0.25, 0.3) is 0 Å². The lowest BCUT2D eigenvalue weighted by Gasteiger charge is -2.35. The predicted molar refractivity (Wildman–Crippen MR) is 405 cm³/mol. The van der Waals surface area contributed by atoms with E-state index in [0.717, 1.165) is 142 Å². The van der Waals surface area contributed by atoms with Crippen LogP contribution in [0.3, 0.4) is 0 Å². The summed E-state index contributed by atoms with van der Waals surface area (Å²) in [4.78, 5) is 0. The van der Waals surface area contributed by atoms with Crippen LogP contribution in [0.4, 0.5) is 0 Å². The van der Waals surface area contributed by atoms with Crippen LogP contribution in [0.2, 0.25) is 0 Å². The van der Waals surface area contributed by atoms with Crippen LogP contribution in [0, 0.1) is 142 Å². The third-order valence-corrected chi connectivity index (χ3v) is 23.4. The van der Waals surface area contributed by atoms with Gasteiger partial charge in [0, 0.05) is 0 Å². The molecule has 0 nitrogen and oxygen atoms in total. The molecule has 0 aromatic rings. The number of hydrogen-bond acceptors (Lipinski definition) is 0. The third kappa shape index (κ3) is 46.2. The first-order valence-corrected chi connectivity index (χ1v) is 41.6. The Morgan fingerprint density at radius 3 is 0.693 bits per heavy atom. The van der Waals surface area contributed by atoms with Crippen LogP contribution in [-0.2, 0) is 0 Å². The van der Waals surface area contributed by atoms with Gasteiger partial charge >= 0.3 is 0 Å². The molecular formula is C88H176. The van der Waals surface area contributed by atoms with Crippen LogP contribution in [-0.4, -0.2) is 0 Å². The van der Waals surface area contributed by atoms with E-state index < -0.39 is 0 Å². The minimum atomic E-state index is 0.903. The molecule has 88 heavy (non-hydrogen) atoms. The fourth-order valence-electron chi connectivity index (χ4n) is 19.2. The quantitative estimate of drug-likeness (QED) is 0.107. The lowest BCUT2D eigenvalue weighted by molar-refractivity contribution is 0.161. The number of rotatable bonds is 20. The lowest BCUT2D eigenvalue weighted by atomic mass is 9.70. The molecule has 12 unspecified atom stereocenters. The van der Waals surface area contributed by atoms with E-state index in [9.17, 15) is 0 Å². The highest BCUT2D eigenvalue weighted by Gasteiger charge is 2.29. The van der Waals surface area contributed by atoms with Gasteiger partial charge < -0.3 is 0 Å². The summed E-state index contributed by atoms with van der Waals surface area (Å²) in [5.74, 6) is 24.1. The van der Waals surface area contributed by atoms with Crippen LogP contribution < -0.4 is 0 Å². The van der Waals surface area contributed by atoms with Crippen LogP contribution in [0.5, 0.6) is 0 Å². The molecule has 0 aliphatic heterocycles. The van der Waals surface area contributed by atoms with Gasteiger partial charge in [-0.1, -0.05) is 307 Å². The monoisotopic (exact) mass is 1230 g/mol. The maximum Gasteiger partial charge on any atom is -0.0407 e. The van der Waals surface area contributed by atoms with Crippen molar-refractivity contribution in [2.45, 2.75) is 423 Å². The fourth-order valence-corrected chi connectivity index (χ4v) is 19.2. The minimum Gasteiger partial charge on any atom is -0.0651 e. The van der Waals surface area contributed by atoms with Crippen molar-refractivity contribution in [2.24, 2.45) is 142 Å². The average Bonchev–Trinajstić information content (AvgIpc) is 4.14. The summed E-state index contributed by atoms with van der Waals surface area (Å²) in [6.07, 6.45) is 59.4. The molecule has 0 aromatic heterocycles. The van der Waals surface area contributed by atoms with Crippen LogP contribution in [0.1, 0.15) is 423 Å². The van der Waals surface area contributed by atoms with E-state index in [1.165, 1.54) is 257 Å². The van der Waals surface area contributed by atoms with Crippen molar-refractivity contribution in [3.8, 4) is 0 Å². The Labute approximate surface area is 561 Å². The molecule has 0 bridgehead atoms. The van der Waals surface area contributed by atoms with E-state index in [1.807, 2.05) is 0 Å². The molecule has 12 atom stereocenters. The zero-order valence-corrected chi connectivity index (χ0v) is 66.1. The first-order valence-electron chi connectivity index (χ1n) is 41.6. The topological polar surface area (TPSA) is 0 Å². The molecule has 8 rings (SSSR count). The molecule has 0 heterocycles. The van der Waals surface area contributed by atoms with Crippen molar-refractivity contribution in [3.63, 3.8) is 0 Å². The van der Waals surface area contributed by atoms with E-state index >= 15 is 0 Å². The molecule has 0 saturated heterocycles. The summed E-state index contributed by atoms with van der Waals surface area (Å²) < 4.78 is 0. The van der Waals surface area contributed by atoms with Crippen molar-refractivity contribution in [3.05, 3.63) is 0 Å². The van der Waals surface area contributed by atoms with Gasteiger partial charge in [0.15, 0.2) is 0 Å². The second-order valence-corrected chi connectivity index (χ2v) is 37.4. The molecule has 8 fully saturated rings. The van der Waals surface area contributed by atoms with E-state index in [0.29, 0.717) is 0 Å². The second kappa shape index (κ2) is 51.3. The third-order valence-electron chi connectivity index (χ3n) is 23.4. The van der Waals surface area contributed by atoms with Gasteiger partial charge in [-0.05, 0) is 258 Å². The van der Waals surface area contributed by atoms with Gasteiger partial charge in [0.05, 0.1) is 0 Å². The minimum absolute atomic E-state index is 0.903. The molecule has 528 valence electrons. The molecule has 8 aliphatic rings. The Kier molecular flexibility index (Phi) is 50.1. The first kappa shape index (κ1) is 86.0. The molecule has 0 aromatic carbocycles. The highest BCUT2D eigenvalue weighted by atomic mass is 14.3. The highest BCUT2D eigenvalue weighted by molar-refractivity contribution is 4.81.